The first-order valence-corrected chi connectivity index (χ1v) is 7.63. The Kier molecular flexibility index (Phi) is 5.10. The molecule has 1 rings (SSSR count). The molecular formula is C11H15ClO5S. The Morgan fingerprint density at radius 1 is 1.17 bits per heavy atom. The molecule has 0 spiro atoms. The predicted molar refractivity (Wildman–Crippen MR) is 69.4 cm³/mol. The molecule has 0 aliphatic heterocycles. The summed E-state index contributed by atoms with van der Waals surface area (Å²) in [6.07, 6.45) is 0. The van der Waals surface area contributed by atoms with E-state index in [0.717, 1.165) is 5.56 Å². The zero-order valence-corrected chi connectivity index (χ0v) is 12.0. The van der Waals surface area contributed by atoms with E-state index in [-0.39, 0.29) is 12.4 Å². The van der Waals surface area contributed by atoms with Crippen molar-refractivity contribution in [1.82, 2.24) is 0 Å². The lowest BCUT2D eigenvalue weighted by Crippen LogP contribution is -2.10. The molecule has 0 saturated carbocycles. The molecule has 0 N–H and O–H groups in total. The highest BCUT2D eigenvalue weighted by Crippen LogP contribution is 2.38. The maximum Gasteiger partial charge on any atom is 0.235 e. The minimum Gasteiger partial charge on any atom is -0.493 e. The first-order chi connectivity index (χ1) is 8.37. The summed E-state index contributed by atoms with van der Waals surface area (Å²) >= 11 is 0. The fourth-order valence-corrected chi connectivity index (χ4v) is 1.87. The summed E-state index contributed by atoms with van der Waals surface area (Å²) < 4.78 is 37.3. The van der Waals surface area contributed by atoms with Gasteiger partial charge in [-0.2, -0.15) is 0 Å². The molecule has 102 valence electrons. The Balaban J connectivity index is 2.92. The van der Waals surface area contributed by atoms with Crippen molar-refractivity contribution in [2.45, 2.75) is 6.92 Å². The lowest BCUT2D eigenvalue weighted by molar-refractivity contribution is 0.289. The number of methoxy groups -OCH3 is 2. The number of halogens is 1. The van der Waals surface area contributed by atoms with Crippen LogP contribution in [0.3, 0.4) is 0 Å². The van der Waals surface area contributed by atoms with Crippen molar-refractivity contribution < 1.29 is 22.6 Å². The minimum atomic E-state index is -3.58. The average molecular weight is 295 g/mol. The first-order valence-electron chi connectivity index (χ1n) is 5.15. The molecule has 7 heteroatoms. The van der Waals surface area contributed by atoms with E-state index in [1.54, 1.807) is 12.1 Å². The van der Waals surface area contributed by atoms with Gasteiger partial charge in [0.05, 0.1) is 20.0 Å². The van der Waals surface area contributed by atoms with Crippen LogP contribution < -0.4 is 14.2 Å². The van der Waals surface area contributed by atoms with E-state index in [0.29, 0.717) is 17.2 Å². The molecule has 0 aliphatic rings. The van der Waals surface area contributed by atoms with E-state index in [2.05, 4.69) is 0 Å². The lowest BCUT2D eigenvalue weighted by atomic mass is 10.2. The lowest BCUT2D eigenvalue weighted by Gasteiger charge is -2.14. The maximum absolute atomic E-state index is 10.8. The van der Waals surface area contributed by atoms with Crippen molar-refractivity contribution in [2.24, 2.45) is 0 Å². The van der Waals surface area contributed by atoms with Crippen molar-refractivity contribution in [2.75, 3.05) is 26.6 Å². The standard InChI is InChI=1S/C11H15ClO5S/c1-8-6-9(15-2)11(10(7-8)16-3)17-4-5-18(12,13)14/h6-7H,4-5H2,1-3H3. The van der Waals surface area contributed by atoms with Gasteiger partial charge in [0.2, 0.25) is 14.8 Å². The van der Waals surface area contributed by atoms with Crippen molar-refractivity contribution in [3.8, 4) is 17.2 Å². The maximum atomic E-state index is 10.8. The summed E-state index contributed by atoms with van der Waals surface area (Å²) in [4.78, 5) is 0. The molecule has 0 bridgehead atoms. The van der Waals surface area contributed by atoms with Gasteiger partial charge < -0.3 is 14.2 Å². The summed E-state index contributed by atoms with van der Waals surface area (Å²) in [6.45, 7) is 1.82. The Labute approximate surface area is 111 Å². The largest absolute Gasteiger partial charge is 0.493 e. The van der Waals surface area contributed by atoms with Gasteiger partial charge >= 0.3 is 0 Å². The number of aryl methyl sites for hydroxylation is 1. The number of benzene rings is 1. The Bertz CT molecular complexity index is 487. The van der Waals surface area contributed by atoms with E-state index in [9.17, 15) is 8.42 Å². The first kappa shape index (κ1) is 14.9. The fraction of sp³-hybridized carbons (Fsp3) is 0.455. The van der Waals surface area contributed by atoms with Crippen LogP contribution in [0.2, 0.25) is 0 Å². The van der Waals surface area contributed by atoms with Crippen LogP contribution in [-0.4, -0.2) is 35.0 Å². The van der Waals surface area contributed by atoms with Crippen molar-refractivity contribution >= 4 is 19.7 Å². The van der Waals surface area contributed by atoms with Crippen LogP contribution in [-0.2, 0) is 9.05 Å². The van der Waals surface area contributed by atoms with Gasteiger partial charge in [0.1, 0.15) is 6.61 Å². The Hall–Kier alpha value is -1.14. The SMILES string of the molecule is COc1cc(C)cc(OC)c1OCCS(=O)(=O)Cl. The summed E-state index contributed by atoms with van der Waals surface area (Å²) in [5.74, 6) is 1.05. The van der Waals surface area contributed by atoms with Gasteiger partial charge in [-0.25, -0.2) is 8.42 Å². The minimum absolute atomic E-state index is 0.0678. The third-order valence-corrected chi connectivity index (χ3v) is 3.30. The second kappa shape index (κ2) is 6.15. The smallest absolute Gasteiger partial charge is 0.235 e. The van der Waals surface area contributed by atoms with Crippen LogP contribution in [0.15, 0.2) is 12.1 Å². The Morgan fingerprint density at radius 3 is 2.06 bits per heavy atom. The molecule has 0 saturated heterocycles. The summed E-state index contributed by atoms with van der Waals surface area (Å²) in [5, 5.41) is 0. The normalized spacial score (nSPS) is 11.1. The second-order valence-corrected chi connectivity index (χ2v) is 6.49. The van der Waals surface area contributed by atoms with Gasteiger partial charge in [0.25, 0.3) is 0 Å². The van der Waals surface area contributed by atoms with Crippen LogP contribution in [0.5, 0.6) is 17.2 Å². The topological polar surface area (TPSA) is 61.8 Å². The van der Waals surface area contributed by atoms with Crippen LogP contribution in [0, 0.1) is 6.92 Å². The Morgan fingerprint density at radius 2 is 1.67 bits per heavy atom. The quantitative estimate of drug-likeness (QED) is 0.751. The number of ether oxygens (including phenoxy) is 3. The van der Waals surface area contributed by atoms with Gasteiger partial charge in [-0.1, -0.05) is 0 Å². The molecule has 0 amide bonds. The van der Waals surface area contributed by atoms with Gasteiger partial charge in [-0.05, 0) is 24.6 Å². The summed E-state index contributed by atoms with van der Waals surface area (Å²) in [6, 6.07) is 3.54. The molecule has 0 aromatic heterocycles. The van der Waals surface area contributed by atoms with E-state index in [1.165, 1.54) is 14.2 Å². The fourth-order valence-electron chi connectivity index (χ4n) is 1.40. The summed E-state index contributed by atoms with van der Waals surface area (Å²) in [5.41, 5.74) is 0.945. The third-order valence-electron chi connectivity index (χ3n) is 2.18. The molecule has 0 fully saturated rings. The molecule has 0 radical (unpaired) electrons. The zero-order chi connectivity index (χ0) is 13.8. The van der Waals surface area contributed by atoms with Gasteiger partial charge in [0, 0.05) is 10.7 Å². The highest BCUT2D eigenvalue weighted by Gasteiger charge is 2.14. The van der Waals surface area contributed by atoms with E-state index < -0.39 is 9.05 Å². The van der Waals surface area contributed by atoms with Crippen molar-refractivity contribution in [3.63, 3.8) is 0 Å². The number of rotatable bonds is 6. The van der Waals surface area contributed by atoms with E-state index in [4.69, 9.17) is 24.9 Å². The highest BCUT2D eigenvalue weighted by molar-refractivity contribution is 8.13. The van der Waals surface area contributed by atoms with Crippen LogP contribution in [0.25, 0.3) is 0 Å². The van der Waals surface area contributed by atoms with Crippen LogP contribution >= 0.6 is 10.7 Å². The molecule has 0 atom stereocenters. The monoisotopic (exact) mass is 294 g/mol. The van der Waals surface area contributed by atoms with E-state index in [1.807, 2.05) is 6.92 Å². The predicted octanol–water partition coefficient (Wildman–Crippen LogP) is 1.96. The van der Waals surface area contributed by atoms with Crippen molar-refractivity contribution in [1.29, 1.82) is 0 Å². The molecule has 0 aliphatic carbocycles. The highest BCUT2D eigenvalue weighted by atomic mass is 35.7. The zero-order valence-electron chi connectivity index (χ0n) is 10.4. The van der Waals surface area contributed by atoms with Crippen molar-refractivity contribution in [3.05, 3.63) is 17.7 Å². The van der Waals surface area contributed by atoms with Gasteiger partial charge in [-0.3, -0.25) is 0 Å². The molecule has 1 aromatic rings. The number of hydrogen-bond acceptors (Lipinski definition) is 5. The second-order valence-electron chi connectivity index (χ2n) is 3.59. The summed E-state index contributed by atoms with van der Waals surface area (Å²) in [7, 11) is 4.52. The third kappa shape index (κ3) is 4.27. The molecule has 0 unspecified atom stereocenters. The van der Waals surface area contributed by atoms with Gasteiger partial charge in [0.15, 0.2) is 11.5 Å². The number of hydrogen-bond donors (Lipinski definition) is 0. The molecule has 18 heavy (non-hydrogen) atoms. The molecular weight excluding hydrogens is 280 g/mol. The van der Waals surface area contributed by atoms with Crippen LogP contribution in [0.4, 0.5) is 0 Å². The average Bonchev–Trinajstić information content (AvgIpc) is 2.28. The molecule has 0 heterocycles. The molecule has 5 nitrogen and oxygen atoms in total. The van der Waals surface area contributed by atoms with E-state index >= 15 is 0 Å². The van der Waals surface area contributed by atoms with Crippen LogP contribution in [0.1, 0.15) is 5.56 Å². The van der Waals surface area contributed by atoms with Gasteiger partial charge in [-0.15, -0.1) is 0 Å². The molecule has 1 aromatic carbocycles.